The van der Waals surface area contributed by atoms with Gasteiger partial charge in [-0.3, -0.25) is 0 Å². The lowest BCUT2D eigenvalue weighted by Gasteiger charge is -2.13. The third kappa shape index (κ3) is 2.68. The Morgan fingerprint density at radius 2 is 1.83 bits per heavy atom. The molecule has 0 bridgehead atoms. The average Bonchev–Trinajstić information content (AvgIpc) is 2.83. The second-order valence-corrected chi connectivity index (χ2v) is 6.15. The minimum atomic E-state index is -0.652. The summed E-state index contributed by atoms with van der Waals surface area (Å²) in [5, 5.41) is 10.3. The lowest BCUT2D eigenvalue weighted by atomic mass is 10.1. The van der Waals surface area contributed by atoms with Gasteiger partial charge >= 0.3 is 0 Å². The fraction of sp³-hybridized carbons (Fsp3) is 0.231. The summed E-state index contributed by atoms with van der Waals surface area (Å²) >= 11 is 4.90. The van der Waals surface area contributed by atoms with Crippen LogP contribution in [0.4, 0.5) is 0 Å². The Labute approximate surface area is 118 Å². The first-order valence-electron chi connectivity index (χ1n) is 5.31. The molecule has 1 heterocycles. The smallest absolute Gasteiger partial charge is 0.161 e. The standard InChI is InChI=1S/C13H13BrO3S/c1-16-9-4-3-8(7-10(9)17-2)13(15)11-5-6-12(14)18-11/h3-7,13,15H,1-2H3. The molecule has 3 nitrogen and oxygen atoms in total. The van der Waals surface area contributed by atoms with Crippen LogP contribution in [0, 0.1) is 0 Å². The lowest BCUT2D eigenvalue weighted by Crippen LogP contribution is -1.99. The SMILES string of the molecule is COc1ccc(C(O)c2ccc(Br)s2)cc1OC. The number of ether oxygens (including phenoxy) is 2. The largest absolute Gasteiger partial charge is 0.493 e. The van der Waals surface area contributed by atoms with Gasteiger partial charge in [0.2, 0.25) is 0 Å². The van der Waals surface area contributed by atoms with Crippen LogP contribution in [-0.2, 0) is 0 Å². The van der Waals surface area contributed by atoms with Crippen molar-refractivity contribution in [3.8, 4) is 11.5 Å². The predicted octanol–water partition coefficient (Wildman–Crippen LogP) is 3.61. The topological polar surface area (TPSA) is 38.7 Å². The molecule has 1 unspecified atom stereocenters. The van der Waals surface area contributed by atoms with Gasteiger partial charge < -0.3 is 14.6 Å². The number of thiophene rings is 1. The quantitative estimate of drug-likeness (QED) is 0.931. The summed E-state index contributed by atoms with van der Waals surface area (Å²) in [6.45, 7) is 0. The van der Waals surface area contributed by atoms with Crippen molar-refractivity contribution in [3.63, 3.8) is 0 Å². The van der Waals surface area contributed by atoms with Gasteiger partial charge in [-0.2, -0.15) is 0 Å². The molecule has 5 heteroatoms. The average molecular weight is 329 g/mol. The van der Waals surface area contributed by atoms with Crippen LogP contribution in [0.2, 0.25) is 0 Å². The van der Waals surface area contributed by atoms with Crippen LogP contribution in [0.1, 0.15) is 16.5 Å². The second-order valence-electron chi connectivity index (χ2n) is 3.66. The van der Waals surface area contributed by atoms with E-state index in [1.807, 2.05) is 18.2 Å². The van der Waals surface area contributed by atoms with E-state index >= 15 is 0 Å². The summed E-state index contributed by atoms with van der Waals surface area (Å²) in [6, 6.07) is 9.23. The van der Waals surface area contributed by atoms with Crippen molar-refractivity contribution in [2.45, 2.75) is 6.10 Å². The Kier molecular flexibility index (Phi) is 4.27. The number of aliphatic hydroxyl groups excluding tert-OH is 1. The van der Waals surface area contributed by atoms with Crippen molar-refractivity contribution in [2.75, 3.05) is 14.2 Å². The zero-order valence-electron chi connectivity index (χ0n) is 10.0. The van der Waals surface area contributed by atoms with Crippen LogP contribution in [0.25, 0.3) is 0 Å². The number of hydrogen-bond acceptors (Lipinski definition) is 4. The van der Waals surface area contributed by atoms with Gasteiger partial charge in [0.25, 0.3) is 0 Å². The highest BCUT2D eigenvalue weighted by Gasteiger charge is 2.15. The zero-order valence-corrected chi connectivity index (χ0v) is 12.4. The van der Waals surface area contributed by atoms with Gasteiger partial charge in [0, 0.05) is 4.88 Å². The molecule has 0 aliphatic carbocycles. The highest BCUT2D eigenvalue weighted by Crippen LogP contribution is 2.35. The molecule has 0 saturated heterocycles. The monoisotopic (exact) mass is 328 g/mol. The number of hydrogen-bond donors (Lipinski definition) is 1. The molecule has 0 aliphatic rings. The molecule has 18 heavy (non-hydrogen) atoms. The van der Waals surface area contributed by atoms with Crippen molar-refractivity contribution in [1.29, 1.82) is 0 Å². The Morgan fingerprint density at radius 3 is 2.39 bits per heavy atom. The molecule has 1 N–H and O–H groups in total. The molecule has 0 amide bonds. The lowest BCUT2D eigenvalue weighted by molar-refractivity contribution is 0.223. The first-order valence-corrected chi connectivity index (χ1v) is 6.92. The molecule has 2 rings (SSSR count). The minimum absolute atomic E-state index is 0.615. The summed E-state index contributed by atoms with van der Waals surface area (Å²) in [5.41, 5.74) is 0.780. The number of methoxy groups -OCH3 is 2. The molecule has 96 valence electrons. The van der Waals surface area contributed by atoms with E-state index in [-0.39, 0.29) is 0 Å². The minimum Gasteiger partial charge on any atom is -0.493 e. The highest BCUT2D eigenvalue weighted by molar-refractivity contribution is 9.11. The molecule has 0 saturated carbocycles. The summed E-state index contributed by atoms with van der Waals surface area (Å²) in [5.74, 6) is 1.27. The van der Waals surface area contributed by atoms with Gasteiger partial charge in [-0.05, 0) is 45.8 Å². The summed E-state index contributed by atoms with van der Waals surface area (Å²) < 4.78 is 11.4. The van der Waals surface area contributed by atoms with Crippen LogP contribution in [-0.4, -0.2) is 19.3 Å². The van der Waals surface area contributed by atoms with Crippen LogP contribution in [0.15, 0.2) is 34.1 Å². The molecule has 1 atom stereocenters. The molecule has 1 aromatic carbocycles. The Bertz CT molecular complexity index is 539. The third-order valence-corrected chi connectivity index (χ3v) is 4.26. The summed E-state index contributed by atoms with van der Waals surface area (Å²) in [6.07, 6.45) is -0.652. The van der Waals surface area contributed by atoms with Gasteiger partial charge in [0.1, 0.15) is 6.10 Å². The molecule has 0 fully saturated rings. The zero-order chi connectivity index (χ0) is 13.1. The van der Waals surface area contributed by atoms with Crippen LogP contribution in [0.3, 0.4) is 0 Å². The Balaban J connectivity index is 2.33. The maximum absolute atomic E-state index is 10.3. The van der Waals surface area contributed by atoms with Crippen molar-refractivity contribution in [3.05, 3.63) is 44.6 Å². The van der Waals surface area contributed by atoms with Gasteiger partial charge in [0.05, 0.1) is 18.0 Å². The van der Waals surface area contributed by atoms with Gasteiger partial charge in [-0.25, -0.2) is 0 Å². The highest BCUT2D eigenvalue weighted by atomic mass is 79.9. The van der Waals surface area contributed by atoms with E-state index in [0.29, 0.717) is 11.5 Å². The normalized spacial score (nSPS) is 12.2. The van der Waals surface area contributed by atoms with E-state index in [9.17, 15) is 5.11 Å². The molecule has 1 aromatic heterocycles. The summed E-state index contributed by atoms with van der Waals surface area (Å²) in [7, 11) is 3.17. The van der Waals surface area contributed by atoms with E-state index in [0.717, 1.165) is 14.2 Å². The maximum Gasteiger partial charge on any atom is 0.161 e. The summed E-state index contributed by atoms with van der Waals surface area (Å²) in [4.78, 5) is 0.883. The molecule has 0 aliphatic heterocycles. The number of benzene rings is 1. The van der Waals surface area contributed by atoms with E-state index < -0.39 is 6.10 Å². The molecule has 0 spiro atoms. The molecule has 0 radical (unpaired) electrons. The van der Waals surface area contributed by atoms with Gasteiger partial charge in [0.15, 0.2) is 11.5 Å². The fourth-order valence-corrected chi connectivity index (χ4v) is 3.10. The molecular weight excluding hydrogens is 316 g/mol. The van der Waals surface area contributed by atoms with Crippen LogP contribution >= 0.6 is 27.3 Å². The van der Waals surface area contributed by atoms with Crippen LogP contribution < -0.4 is 9.47 Å². The Hall–Kier alpha value is -1.04. The Morgan fingerprint density at radius 1 is 1.11 bits per heavy atom. The van der Waals surface area contributed by atoms with E-state index in [4.69, 9.17) is 9.47 Å². The van der Waals surface area contributed by atoms with Crippen molar-refractivity contribution in [1.82, 2.24) is 0 Å². The second kappa shape index (κ2) is 5.73. The molecular formula is C13H13BrO3S. The van der Waals surface area contributed by atoms with Gasteiger partial charge in [-0.15, -0.1) is 11.3 Å². The van der Waals surface area contributed by atoms with Crippen molar-refractivity contribution >= 4 is 27.3 Å². The van der Waals surface area contributed by atoms with E-state index in [1.165, 1.54) is 11.3 Å². The molecule has 2 aromatic rings. The third-order valence-electron chi connectivity index (χ3n) is 2.59. The van der Waals surface area contributed by atoms with E-state index in [1.54, 1.807) is 26.4 Å². The number of aliphatic hydroxyl groups is 1. The van der Waals surface area contributed by atoms with E-state index in [2.05, 4.69) is 15.9 Å². The first-order chi connectivity index (χ1) is 8.65. The maximum atomic E-state index is 10.3. The first kappa shape index (κ1) is 13.4. The van der Waals surface area contributed by atoms with Crippen molar-refractivity contribution < 1.29 is 14.6 Å². The number of halogens is 1. The predicted molar refractivity (Wildman–Crippen MR) is 75.6 cm³/mol. The fourth-order valence-electron chi connectivity index (χ4n) is 1.66. The number of rotatable bonds is 4. The van der Waals surface area contributed by atoms with Crippen LogP contribution in [0.5, 0.6) is 11.5 Å². The van der Waals surface area contributed by atoms with Crippen molar-refractivity contribution in [2.24, 2.45) is 0 Å². The van der Waals surface area contributed by atoms with Gasteiger partial charge in [-0.1, -0.05) is 6.07 Å².